The van der Waals surface area contributed by atoms with E-state index in [4.69, 9.17) is 4.74 Å². The zero-order chi connectivity index (χ0) is 15.9. The SMILES string of the molecule is COC(=O)C1CCn2c(C(=O)c3ccccc3)c(C)c(Br)c21. The molecule has 22 heavy (non-hydrogen) atoms. The monoisotopic (exact) mass is 361 g/mol. The number of ether oxygens (including phenoxy) is 1. The first-order chi connectivity index (χ1) is 10.6. The highest BCUT2D eigenvalue weighted by molar-refractivity contribution is 9.10. The van der Waals surface area contributed by atoms with Crippen molar-refractivity contribution in [3.63, 3.8) is 0 Å². The van der Waals surface area contributed by atoms with Gasteiger partial charge in [0.2, 0.25) is 5.78 Å². The van der Waals surface area contributed by atoms with Crippen LogP contribution in [0.25, 0.3) is 0 Å². The molecule has 0 fully saturated rings. The van der Waals surface area contributed by atoms with Gasteiger partial charge >= 0.3 is 5.97 Å². The number of halogens is 1. The third-order valence-corrected chi connectivity index (χ3v) is 5.18. The molecule has 3 rings (SSSR count). The number of aromatic nitrogens is 1. The number of nitrogens with zero attached hydrogens (tertiary/aromatic N) is 1. The zero-order valence-electron chi connectivity index (χ0n) is 12.4. The van der Waals surface area contributed by atoms with E-state index in [9.17, 15) is 9.59 Å². The highest BCUT2D eigenvalue weighted by atomic mass is 79.9. The lowest BCUT2D eigenvalue weighted by atomic mass is 10.0. The van der Waals surface area contributed by atoms with E-state index in [1.807, 2.05) is 41.8 Å². The van der Waals surface area contributed by atoms with Crippen LogP contribution in [0.4, 0.5) is 0 Å². The summed E-state index contributed by atoms with van der Waals surface area (Å²) in [6, 6.07) is 9.20. The molecule has 0 N–H and O–H groups in total. The Hall–Kier alpha value is -1.88. The number of fused-ring (bicyclic) bond motifs is 1. The number of hydrogen-bond donors (Lipinski definition) is 0. The van der Waals surface area contributed by atoms with Crippen LogP contribution < -0.4 is 0 Å². The minimum atomic E-state index is -0.310. The summed E-state index contributed by atoms with van der Waals surface area (Å²) < 4.78 is 7.67. The van der Waals surface area contributed by atoms with Crippen molar-refractivity contribution >= 4 is 27.7 Å². The lowest BCUT2D eigenvalue weighted by Gasteiger charge is -2.07. The van der Waals surface area contributed by atoms with Gasteiger partial charge in [-0.05, 0) is 34.8 Å². The van der Waals surface area contributed by atoms with E-state index in [2.05, 4.69) is 15.9 Å². The number of carbonyl (C=O) groups is 2. The van der Waals surface area contributed by atoms with Crippen molar-refractivity contribution in [3.8, 4) is 0 Å². The van der Waals surface area contributed by atoms with Crippen molar-refractivity contribution in [1.29, 1.82) is 0 Å². The molecule has 1 aromatic carbocycles. The Labute approximate surface area is 137 Å². The van der Waals surface area contributed by atoms with Crippen molar-refractivity contribution in [2.45, 2.75) is 25.8 Å². The smallest absolute Gasteiger partial charge is 0.314 e. The topological polar surface area (TPSA) is 48.3 Å². The van der Waals surface area contributed by atoms with E-state index < -0.39 is 0 Å². The standard InChI is InChI=1S/C17H16BrNO3/c1-10-13(18)15-12(17(21)22-2)8-9-19(15)14(10)16(20)11-6-4-3-5-7-11/h3-7,12H,8-9H2,1-2H3. The second-order valence-electron chi connectivity index (χ2n) is 5.38. The molecule has 0 amide bonds. The molecule has 0 spiro atoms. The highest BCUT2D eigenvalue weighted by Crippen LogP contribution is 2.40. The van der Waals surface area contributed by atoms with E-state index in [0.717, 1.165) is 15.7 Å². The minimum Gasteiger partial charge on any atom is -0.469 e. The Balaban J connectivity index is 2.11. The number of hydrogen-bond acceptors (Lipinski definition) is 3. The van der Waals surface area contributed by atoms with E-state index in [1.165, 1.54) is 7.11 Å². The molecule has 114 valence electrons. The number of carbonyl (C=O) groups excluding carboxylic acids is 2. The summed E-state index contributed by atoms with van der Waals surface area (Å²) in [5.41, 5.74) is 3.03. The molecule has 1 aromatic heterocycles. The molecule has 0 saturated carbocycles. The van der Waals surface area contributed by atoms with Crippen LogP contribution in [-0.4, -0.2) is 23.4 Å². The van der Waals surface area contributed by atoms with Gasteiger partial charge in [0, 0.05) is 22.3 Å². The molecule has 1 aliphatic heterocycles. The van der Waals surface area contributed by atoms with Crippen LogP contribution in [0.1, 0.15) is 39.6 Å². The first kappa shape index (κ1) is 15.0. The normalized spacial score (nSPS) is 16.4. The van der Waals surface area contributed by atoms with E-state index in [0.29, 0.717) is 24.2 Å². The summed E-state index contributed by atoms with van der Waals surface area (Å²) in [6.07, 6.45) is 0.663. The largest absolute Gasteiger partial charge is 0.469 e. The number of esters is 1. The molecule has 0 radical (unpaired) electrons. The van der Waals surface area contributed by atoms with Gasteiger partial charge in [-0.25, -0.2) is 0 Å². The fourth-order valence-electron chi connectivity index (χ4n) is 3.10. The van der Waals surface area contributed by atoms with Crippen molar-refractivity contribution < 1.29 is 14.3 Å². The van der Waals surface area contributed by atoms with Gasteiger partial charge in [-0.2, -0.15) is 0 Å². The summed E-state index contributed by atoms with van der Waals surface area (Å²) in [7, 11) is 1.39. The van der Waals surface area contributed by atoms with Gasteiger partial charge in [-0.1, -0.05) is 30.3 Å². The molecule has 1 aliphatic rings. The second kappa shape index (κ2) is 5.72. The molecular weight excluding hydrogens is 346 g/mol. The number of benzene rings is 1. The fraction of sp³-hybridized carbons (Fsp3) is 0.294. The lowest BCUT2D eigenvalue weighted by molar-refractivity contribution is -0.142. The predicted octanol–water partition coefficient (Wildman–Crippen LogP) is 3.45. The van der Waals surface area contributed by atoms with E-state index in [-0.39, 0.29) is 17.7 Å². The van der Waals surface area contributed by atoms with Gasteiger partial charge in [0.15, 0.2) is 0 Å². The molecule has 1 unspecified atom stereocenters. The van der Waals surface area contributed by atoms with Crippen molar-refractivity contribution in [3.05, 3.63) is 57.3 Å². The van der Waals surface area contributed by atoms with Crippen LogP contribution in [0.2, 0.25) is 0 Å². The first-order valence-corrected chi connectivity index (χ1v) is 7.91. The maximum Gasteiger partial charge on any atom is 0.314 e. The van der Waals surface area contributed by atoms with Gasteiger partial charge in [-0.15, -0.1) is 0 Å². The van der Waals surface area contributed by atoms with Gasteiger partial charge in [0.25, 0.3) is 0 Å². The maximum atomic E-state index is 12.8. The zero-order valence-corrected chi connectivity index (χ0v) is 14.0. The average molecular weight is 362 g/mol. The van der Waals surface area contributed by atoms with Crippen molar-refractivity contribution in [1.82, 2.24) is 4.57 Å². The molecular formula is C17H16BrNO3. The Kier molecular flexibility index (Phi) is 3.91. The van der Waals surface area contributed by atoms with Crippen LogP contribution in [0.3, 0.4) is 0 Å². The summed E-state index contributed by atoms with van der Waals surface area (Å²) in [6.45, 7) is 2.55. The number of rotatable bonds is 3. The molecule has 5 heteroatoms. The van der Waals surface area contributed by atoms with Crippen molar-refractivity contribution in [2.24, 2.45) is 0 Å². The molecule has 1 atom stereocenters. The third kappa shape index (κ3) is 2.20. The molecule has 0 bridgehead atoms. The van der Waals surface area contributed by atoms with Crippen LogP contribution in [-0.2, 0) is 16.1 Å². The summed E-state index contributed by atoms with van der Waals surface area (Å²) >= 11 is 3.55. The Morgan fingerprint density at radius 3 is 2.59 bits per heavy atom. The summed E-state index contributed by atoms with van der Waals surface area (Å²) in [5.74, 6) is -0.582. The minimum absolute atomic E-state index is 0.0180. The third-order valence-electron chi connectivity index (χ3n) is 4.18. The molecule has 0 aliphatic carbocycles. The first-order valence-electron chi connectivity index (χ1n) is 7.12. The van der Waals surface area contributed by atoms with E-state index >= 15 is 0 Å². The fourth-order valence-corrected chi connectivity index (χ4v) is 3.77. The number of methoxy groups -OCH3 is 1. The summed E-state index contributed by atoms with van der Waals surface area (Å²) in [4.78, 5) is 24.8. The van der Waals surface area contributed by atoms with Crippen LogP contribution >= 0.6 is 15.9 Å². The van der Waals surface area contributed by atoms with Gasteiger partial charge in [0.05, 0.1) is 18.7 Å². The summed E-state index contributed by atoms with van der Waals surface area (Å²) in [5, 5.41) is 0. The number of ketones is 1. The average Bonchev–Trinajstić information content (AvgIpc) is 3.07. The molecule has 0 saturated heterocycles. The van der Waals surface area contributed by atoms with Gasteiger partial charge in [0.1, 0.15) is 0 Å². The maximum absolute atomic E-state index is 12.8. The van der Waals surface area contributed by atoms with Crippen molar-refractivity contribution in [2.75, 3.05) is 7.11 Å². The second-order valence-corrected chi connectivity index (χ2v) is 6.18. The molecule has 4 nitrogen and oxygen atoms in total. The van der Waals surface area contributed by atoms with Crippen LogP contribution in [0.5, 0.6) is 0 Å². The van der Waals surface area contributed by atoms with E-state index in [1.54, 1.807) is 0 Å². The van der Waals surface area contributed by atoms with Crippen LogP contribution in [0.15, 0.2) is 34.8 Å². The highest BCUT2D eigenvalue weighted by Gasteiger charge is 2.37. The van der Waals surface area contributed by atoms with Crippen LogP contribution in [0, 0.1) is 6.92 Å². The predicted molar refractivity (Wildman–Crippen MR) is 86.1 cm³/mol. The van der Waals surface area contributed by atoms with Gasteiger partial charge < -0.3 is 9.30 Å². The van der Waals surface area contributed by atoms with Gasteiger partial charge in [-0.3, -0.25) is 9.59 Å². The Morgan fingerprint density at radius 1 is 1.27 bits per heavy atom. The Bertz CT molecular complexity index is 749. The lowest BCUT2D eigenvalue weighted by Crippen LogP contribution is -2.12. The Morgan fingerprint density at radius 2 is 1.95 bits per heavy atom. The quantitative estimate of drug-likeness (QED) is 0.621. The molecule has 2 heterocycles. The molecule has 2 aromatic rings.